The average molecular weight is 754 g/mol. The van der Waals surface area contributed by atoms with Gasteiger partial charge in [-0.05, 0) is 59.6 Å². The molecule has 0 fully saturated rings. The topological polar surface area (TPSA) is 56.7 Å². The van der Waals surface area contributed by atoms with Gasteiger partial charge < -0.3 is 8.98 Å². The van der Waals surface area contributed by atoms with Crippen LogP contribution >= 0.6 is 11.3 Å². The summed E-state index contributed by atoms with van der Waals surface area (Å²) >= 11 is 1.61. The fourth-order valence-corrected chi connectivity index (χ4v) is 9.17. The Morgan fingerprint density at radius 2 is 1.19 bits per heavy atom. The van der Waals surface area contributed by atoms with Crippen molar-refractivity contribution in [1.29, 1.82) is 0 Å². The molecule has 4 heterocycles. The van der Waals surface area contributed by atoms with Gasteiger partial charge in [0.05, 0.1) is 20.6 Å². The van der Waals surface area contributed by atoms with E-state index in [9.17, 15) is 6.85 Å². The van der Waals surface area contributed by atoms with Gasteiger partial charge >= 0.3 is 0 Å². The number of furan rings is 1. The minimum Gasteiger partial charge on any atom is -0.456 e. The Balaban J connectivity index is 1.19. The SMILES string of the molecule is [2H]c1c([2H])c([2H])c2c(c1[2H])c1c([2H])c([2H])c([2H])c(-c3nc(-c4ccccc4)nc(-c4ccc5c(c4)oc4ccccc45)n3)c1n2-c1ccc2c(c1)sc1cccc(-c3ccccc3)c12. The molecule has 0 atom stereocenters. The van der Waals surface area contributed by atoms with Crippen molar-refractivity contribution < 1.29 is 14.0 Å². The molecule has 12 aromatic rings. The Hall–Kier alpha value is -7.41. The lowest BCUT2D eigenvalue weighted by molar-refractivity contribution is 0.669. The summed E-state index contributed by atoms with van der Waals surface area (Å²) in [5.41, 5.74) is 5.77. The van der Waals surface area contributed by atoms with Crippen LogP contribution in [0.2, 0.25) is 0 Å². The molecular formula is C51H30N4OS. The molecule has 0 aliphatic carbocycles. The Morgan fingerprint density at radius 1 is 0.474 bits per heavy atom. The van der Waals surface area contributed by atoms with E-state index in [1.165, 1.54) is 0 Å². The van der Waals surface area contributed by atoms with Crippen LogP contribution in [0.5, 0.6) is 0 Å². The highest BCUT2D eigenvalue weighted by Gasteiger charge is 2.21. The summed E-state index contributed by atoms with van der Waals surface area (Å²) in [7, 11) is 0. The number of fused-ring (bicyclic) bond motifs is 9. The number of thiophene rings is 1. The van der Waals surface area contributed by atoms with E-state index < -0.39 is 18.1 Å². The molecule has 0 bridgehead atoms. The van der Waals surface area contributed by atoms with E-state index in [1.807, 2.05) is 115 Å². The summed E-state index contributed by atoms with van der Waals surface area (Å²) < 4.78 is 74.3. The van der Waals surface area contributed by atoms with Crippen molar-refractivity contribution in [3.8, 4) is 51.0 Å². The molecule has 57 heavy (non-hydrogen) atoms. The summed E-state index contributed by atoms with van der Waals surface area (Å²) in [6, 6.07) is 42.5. The zero-order valence-corrected chi connectivity index (χ0v) is 30.7. The number of aromatic nitrogens is 4. The maximum Gasteiger partial charge on any atom is 0.166 e. The van der Waals surface area contributed by atoms with Crippen LogP contribution in [0.4, 0.5) is 0 Å². The Bertz CT molecular complexity index is 3940. The molecule has 6 heteroatoms. The smallest absolute Gasteiger partial charge is 0.166 e. The van der Waals surface area contributed by atoms with Gasteiger partial charge in [-0.25, -0.2) is 15.0 Å². The van der Waals surface area contributed by atoms with Crippen LogP contribution in [-0.4, -0.2) is 19.5 Å². The highest BCUT2D eigenvalue weighted by atomic mass is 32.1. The number of nitrogens with zero attached hydrogens (tertiary/aromatic N) is 4. The maximum absolute atomic E-state index is 9.61. The molecule has 0 aliphatic heterocycles. The van der Waals surface area contributed by atoms with E-state index >= 15 is 0 Å². The molecule has 8 aromatic carbocycles. The minimum absolute atomic E-state index is 0.0341. The van der Waals surface area contributed by atoms with E-state index in [0.29, 0.717) is 28.2 Å². The molecule has 0 radical (unpaired) electrons. The van der Waals surface area contributed by atoms with Gasteiger partial charge in [-0.3, -0.25) is 0 Å². The molecule has 4 aromatic heterocycles. The van der Waals surface area contributed by atoms with Gasteiger partial charge in [0.1, 0.15) is 11.2 Å². The van der Waals surface area contributed by atoms with Crippen LogP contribution in [-0.2, 0) is 0 Å². The zero-order chi connectivity index (χ0) is 43.5. The van der Waals surface area contributed by atoms with Crippen LogP contribution in [0.1, 0.15) is 9.60 Å². The van der Waals surface area contributed by atoms with E-state index in [-0.39, 0.29) is 63.2 Å². The van der Waals surface area contributed by atoms with Crippen molar-refractivity contribution >= 4 is 75.3 Å². The normalized spacial score (nSPS) is 13.6. The molecule has 5 nitrogen and oxygen atoms in total. The highest BCUT2D eigenvalue weighted by molar-refractivity contribution is 7.26. The third-order valence-corrected chi connectivity index (χ3v) is 11.7. The molecule has 0 spiro atoms. The first kappa shape index (κ1) is 25.6. The first-order valence-electron chi connectivity index (χ1n) is 21.9. The summed E-state index contributed by atoms with van der Waals surface area (Å²) in [5, 5.41) is 4.16. The summed E-state index contributed by atoms with van der Waals surface area (Å²) in [6.45, 7) is 0. The van der Waals surface area contributed by atoms with Gasteiger partial charge in [0.2, 0.25) is 0 Å². The monoisotopic (exact) mass is 753 g/mol. The Morgan fingerprint density at radius 3 is 2.07 bits per heavy atom. The number of rotatable bonds is 5. The van der Waals surface area contributed by atoms with E-state index in [0.717, 1.165) is 47.7 Å². The number of benzene rings is 8. The summed E-state index contributed by atoms with van der Waals surface area (Å²) in [4.78, 5) is 15.0. The Kier molecular flexibility index (Phi) is 5.65. The fourth-order valence-electron chi connectivity index (χ4n) is 8.00. The second-order valence-corrected chi connectivity index (χ2v) is 14.9. The molecule has 0 N–H and O–H groups in total. The third kappa shape index (κ3) is 5.04. The van der Waals surface area contributed by atoms with E-state index in [4.69, 9.17) is 22.1 Å². The molecular weight excluding hydrogens is 717 g/mol. The molecule has 0 saturated heterocycles. The first-order chi connectivity index (χ1) is 31.2. The lowest BCUT2D eigenvalue weighted by Gasteiger charge is -2.13. The summed E-state index contributed by atoms with van der Waals surface area (Å²) in [6.07, 6.45) is 0. The van der Waals surface area contributed by atoms with Crippen molar-refractivity contribution in [2.24, 2.45) is 0 Å². The number of hydrogen-bond donors (Lipinski definition) is 0. The minimum atomic E-state index is -0.470. The van der Waals surface area contributed by atoms with Crippen LogP contribution in [0, 0.1) is 0 Å². The van der Waals surface area contributed by atoms with Crippen molar-refractivity contribution in [2.45, 2.75) is 0 Å². The van der Waals surface area contributed by atoms with Gasteiger partial charge in [0.15, 0.2) is 17.5 Å². The van der Waals surface area contributed by atoms with Crippen LogP contribution in [0.25, 0.3) is 115 Å². The van der Waals surface area contributed by atoms with E-state index in [1.54, 1.807) is 15.9 Å². The first-order valence-corrected chi connectivity index (χ1v) is 19.3. The van der Waals surface area contributed by atoms with Gasteiger partial charge in [0.25, 0.3) is 0 Å². The molecule has 0 saturated carbocycles. The van der Waals surface area contributed by atoms with Crippen molar-refractivity contribution in [3.63, 3.8) is 0 Å². The predicted octanol–water partition coefficient (Wildman–Crippen LogP) is 13.9. The lowest BCUT2D eigenvalue weighted by Crippen LogP contribution is -2.02. The van der Waals surface area contributed by atoms with Gasteiger partial charge in [0, 0.05) is 64.1 Å². The summed E-state index contributed by atoms with van der Waals surface area (Å²) in [5.74, 6) is 0.604. The zero-order valence-electron chi connectivity index (χ0n) is 36.9. The van der Waals surface area contributed by atoms with Crippen molar-refractivity contribution in [2.75, 3.05) is 0 Å². The van der Waals surface area contributed by atoms with Crippen LogP contribution in [0.15, 0.2) is 186 Å². The molecule has 12 rings (SSSR count). The second-order valence-electron chi connectivity index (χ2n) is 13.8. The molecule has 0 unspecified atom stereocenters. The van der Waals surface area contributed by atoms with Crippen LogP contribution < -0.4 is 0 Å². The van der Waals surface area contributed by atoms with E-state index in [2.05, 4.69) is 24.3 Å². The third-order valence-electron chi connectivity index (χ3n) is 10.6. The standard InChI is InChI=1S/C51H30N4OS/c1-3-13-31(14-4-1)35-19-12-24-45-47(35)40-28-26-34(30-46(40)57-45)55-42-22-9-7-17-36(42)39-20-11-21-41(48(39)55)51-53-49(32-15-5-2-6-16-32)52-50(54-51)33-25-27-38-37-18-8-10-23-43(37)56-44(38)29-33/h1-30H/i7D,9D,11D,17D,20D,21D,22D. The maximum atomic E-state index is 9.61. The van der Waals surface area contributed by atoms with Crippen LogP contribution in [0.3, 0.4) is 0 Å². The molecule has 0 aliphatic rings. The average Bonchev–Trinajstić information content (AvgIpc) is 4.02. The van der Waals surface area contributed by atoms with Gasteiger partial charge in [-0.2, -0.15) is 0 Å². The fraction of sp³-hybridized carbons (Fsp3) is 0. The molecule has 0 amide bonds. The second kappa shape index (κ2) is 12.6. The van der Waals surface area contributed by atoms with Crippen molar-refractivity contribution in [3.05, 3.63) is 182 Å². The number of hydrogen-bond acceptors (Lipinski definition) is 5. The van der Waals surface area contributed by atoms with Gasteiger partial charge in [-0.1, -0.05) is 133 Å². The quantitative estimate of drug-likeness (QED) is 0.176. The van der Waals surface area contributed by atoms with Crippen molar-refractivity contribution in [1.82, 2.24) is 19.5 Å². The lowest BCUT2D eigenvalue weighted by atomic mass is 9.99. The molecule has 266 valence electrons. The number of para-hydroxylation sites is 3. The largest absolute Gasteiger partial charge is 0.456 e. The predicted molar refractivity (Wildman–Crippen MR) is 236 cm³/mol. The highest BCUT2D eigenvalue weighted by Crippen LogP contribution is 2.43. The van der Waals surface area contributed by atoms with Gasteiger partial charge in [-0.15, -0.1) is 11.3 Å². The Labute approximate surface area is 340 Å².